The van der Waals surface area contributed by atoms with Gasteiger partial charge in [0.15, 0.2) is 0 Å². The second-order valence-corrected chi connectivity index (χ2v) is 8.25. The van der Waals surface area contributed by atoms with Gasteiger partial charge in [-0.2, -0.15) is 0 Å². The Kier molecular flexibility index (Phi) is 5.88. The van der Waals surface area contributed by atoms with E-state index in [9.17, 15) is 5.11 Å². The van der Waals surface area contributed by atoms with Gasteiger partial charge in [-0.3, -0.25) is 4.90 Å². The van der Waals surface area contributed by atoms with Crippen LogP contribution in [0.1, 0.15) is 30.4 Å². The van der Waals surface area contributed by atoms with Crippen LogP contribution in [0.25, 0.3) is 0 Å². The molecular weight excluding hydrogens is 348 g/mol. The summed E-state index contributed by atoms with van der Waals surface area (Å²) in [5.41, 5.74) is 4.01. The smallest absolute Gasteiger partial charge is 0.126 e. The SMILES string of the molecule is Cc1ccc(N2CCN([C@H]3CCC[C@@H](Oc4ccccc4)[C@@H]3O)CC2)cc1C. The van der Waals surface area contributed by atoms with E-state index in [0.29, 0.717) is 0 Å². The average molecular weight is 381 g/mol. The number of ether oxygens (including phenoxy) is 1. The van der Waals surface area contributed by atoms with E-state index in [4.69, 9.17) is 4.74 Å². The molecule has 0 aromatic heterocycles. The quantitative estimate of drug-likeness (QED) is 0.876. The first-order chi connectivity index (χ1) is 13.6. The summed E-state index contributed by atoms with van der Waals surface area (Å²) in [7, 11) is 0. The van der Waals surface area contributed by atoms with Crippen molar-refractivity contribution >= 4 is 5.69 Å². The number of benzene rings is 2. The molecule has 1 heterocycles. The standard InChI is InChI=1S/C24H32N2O2/c1-18-11-12-20(17-19(18)2)25-13-15-26(16-14-25)22-9-6-10-23(24(22)27)28-21-7-4-3-5-8-21/h3-5,7-8,11-12,17,22-24,27H,6,9-10,13-16H2,1-2H3/t22-,23+,24+/m0/s1. The van der Waals surface area contributed by atoms with E-state index in [1.165, 1.54) is 16.8 Å². The van der Waals surface area contributed by atoms with Gasteiger partial charge < -0.3 is 14.7 Å². The molecule has 1 saturated heterocycles. The molecule has 2 fully saturated rings. The number of para-hydroxylation sites is 1. The van der Waals surface area contributed by atoms with Gasteiger partial charge in [0.1, 0.15) is 18.0 Å². The summed E-state index contributed by atoms with van der Waals surface area (Å²) < 4.78 is 6.12. The highest BCUT2D eigenvalue weighted by atomic mass is 16.5. The van der Waals surface area contributed by atoms with Crippen molar-refractivity contribution in [2.75, 3.05) is 31.1 Å². The third kappa shape index (κ3) is 4.18. The van der Waals surface area contributed by atoms with Crippen LogP contribution in [0.4, 0.5) is 5.69 Å². The zero-order chi connectivity index (χ0) is 19.5. The predicted molar refractivity (Wildman–Crippen MR) is 114 cm³/mol. The first-order valence-corrected chi connectivity index (χ1v) is 10.6. The van der Waals surface area contributed by atoms with Crippen LogP contribution in [0, 0.1) is 13.8 Å². The Morgan fingerprint density at radius 2 is 1.64 bits per heavy atom. The minimum atomic E-state index is -0.429. The maximum absolute atomic E-state index is 11.0. The summed E-state index contributed by atoms with van der Waals surface area (Å²) >= 11 is 0. The number of aryl methyl sites for hydroxylation is 2. The minimum absolute atomic E-state index is 0.112. The van der Waals surface area contributed by atoms with Crippen LogP contribution in [0.3, 0.4) is 0 Å². The zero-order valence-electron chi connectivity index (χ0n) is 17.1. The van der Waals surface area contributed by atoms with Gasteiger partial charge in [0.25, 0.3) is 0 Å². The molecule has 2 aromatic rings. The van der Waals surface area contributed by atoms with Crippen LogP contribution in [0.5, 0.6) is 5.75 Å². The summed E-state index contributed by atoms with van der Waals surface area (Å²) in [6.45, 7) is 8.35. The fraction of sp³-hybridized carbons (Fsp3) is 0.500. The van der Waals surface area contributed by atoms with E-state index in [1.807, 2.05) is 30.3 Å². The van der Waals surface area contributed by atoms with Gasteiger partial charge in [-0.05, 0) is 68.5 Å². The van der Waals surface area contributed by atoms with Gasteiger partial charge >= 0.3 is 0 Å². The molecule has 150 valence electrons. The summed E-state index contributed by atoms with van der Waals surface area (Å²) in [4.78, 5) is 4.94. The third-order valence-electron chi connectivity index (χ3n) is 6.43. The Hall–Kier alpha value is -2.04. The van der Waals surface area contributed by atoms with E-state index in [-0.39, 0.29) is 12.1 Å². The van der Waals surface area contributed by atoms with Gasteiger partial charge in [-0.1, -0.05) is 24.3 Å². The van der Waals surface area contributed by atoms with E-state index < -0.39 is 6.10 Å². The molecular formula is C24H32N2O2. The molecule has 2 aromatic carbocycles. The predicted octanol–water partition coefficient (Wildman–Crippen LogP) is 3.79. The van der Waals surface area contributed by atoms with Gasteiger partial charge in [-0.15, -0.1) is 0 Å². The molecule has 0 spiro atoms. The number of aliphatic hydroxyl groups excluding tert-OH is 1. The van der Waals surface area contributed by atoms with E-state index in [1.54, 1.807) is 0 Å². The lowest BCUT2D eigenvalue weighted by Gasteiger charge is -2.45. The number of hydrogen-bond donors (Lipinski definition) is 1. The van der Waals surface area contributed by atoms with Crippen molar-refractivity contribution in [3.05, 3.63) is 59.7 Å². The molecule has 1 saturated carbocycles. The van der Waals surface area contributed by atoms with Crippen molar-refractivity contribution in [1.29, 1.82) is 0 Å². The van der Waals surface area contributed by atoms with Crippen molar-refractivity contribution in [2.24, 2.45) is 0 Å². The Balaban J connectivity index is 1.36. The lowest BCUT2D eigenvalue weighted by molar-refractivity contribution is -0.0546. The summed E-state index contributed by atoms with van der Waals surface area (Å²) in [6.07, 6.45) is 2.55. The molecule has 4 rings (SSSR count). The molecule has 4 nitrogen and oxygen atoms in total. The monoisotopic (exact) mass is 380 g/mol. The fourth-order valence-corrected chi connectivity index (χ4v) is 4.55. The lowest BCUT2D eigenvalue weighted by atomic mass is 9.88. The van der Waals surface area contributed by atoms with Crippen LogP contribution in [-0.2, 0) is 0 Å². The highest BCUT2D eigenvalue weighted by molar-refractivity contribution is 5.51. The van der Waals surface area contributed by atoms with E-state index in [0.717, 1.165) is 51.2 Å². The van der Waals surface area contributed by atoms with Gasteiger partial charge in [-0.25, -0.2) is 0 Å². The first kappa shape index (κ1) is 19.3. The molecule has 0 amide bonds. The summed E-state index contributed by atoms with van der Waals surface area (Å²) in [6, 6.07) is 16.8. The largest absolute Gasteiger partial charge is 0.488 e. The highest BCUT2D eigenvalue weighted by Crippen LogP contribution is 2.29. The Labute approximate surface area is 168 Å². The first-order valence-electron chi connectivity index (χ1n) is 10.6. The van der Waals surface area contributed by atoms with Crippen molar-refractivity contribution in [3.63, 3.8) is 0 Å². The molecule has 28 heavy (non-hydrogen) atoms. The number of piperazine rings is 1. The van der Waals surface area contributed by atoms with Crippen molar-refractivity contribution in [2.45, 2.75) is 51.4 Å². The minimum Gasteiger partial charge on any atom is -0.488 e. The number of aliphatic hydroxyl groups is 1. The van der Waals surface area contributed by atoms with Crippen molar-refractivity contribution in [3.8, 4) is 5.75 Å². The van der Waals surface area contributed by atoms with Crippen LogP contribution < -0.4 is 9.64 Å². The second-order valence-electron chi connectivity index (χ2n) is 8.25. The lowest BCUT2D eigenvalue weighted by Crippen LogP contribution is -2.58. The maximum Gasteiger partial charge on any atom is 0.126 e. The van der Waals surface area contributed by atoms with Gasteiger partial charge in [0, 0.05) is 37.9 Å². The molecule has 1 N–H and O–H groups in total. The van der Waals surface area contributed by atoms with Crippen LogP contribution >= 0.6 is 0 Å². The molecule has 1 aliphatic heterocycles. The normalized spacial score (nSPS) is 26.2. The molecule has 0 radical (unpaired) electrons. The molecule has 3 atom stereocenters. The van der Waals surface area contributed by atoms with Gasteiger partial charge in [0.05, 0.1) is 0 Å². The molecule has 0 bridgehead atoms. The zero-order valence-corrected chi connectivity index (χ0v) is 17.1. The number of rotatable bonds is 4. The average Bonchev–Trinajstić information content (AvgIpc) is 2.73. The fourth-order valence-electron chi connectivity index (χ4n) is 4.55. The van der Waals surface area contributed by atoms with Crippen molar-refractivity contribution < 1.29 is 9.84 Å². The highest BCUT2D eigenvalue weighted by Gasteiger charge is 2.37. The van der Waals surface area contributed by atoms with Crippen molar-refractivity contribution in [1.82, 2.24) is 4.90 Å². The van der Waals surface area contributed by atoms with E-state index >= 15 is 0 Å². The Morgan fingerprint density at radius 1 is 0.893 bits per heavy atom. The van der Waals surface area contributed by atoms with Gasteiger partial charge in [0.2, 0.25) is 0 Å². The number of nitrogens with zero attached hydrogens (tertiary/aromatic N) is 2. The third-order valence-corrected chi connectivity index (χ3v) is 6.43. The Bertz CT molecular complexity index is 771. The maximum atomic E-state index is 11.0. The summed E-state index contributed by atoms with van der Waals surface area (Å²) in [5.74, 6) is 0.853. The van der Waals surface area contributed by atoms with Crippen LogP contribution in [-0.4, -0.2) is 54.4 Å². The van der Waals surface area contributed by atoms with Crippen LogP contribution in [0.15, 0.2) is 48.5 Å². The van der Waals surface area contributed by atoms with E-state index in [2.05, 4.69) is 41.8 Å². The number of hydrogen-bond acceptors (Lipinski definition) is 4. The topological polar surface area (TPSA) is 35.9 Å². The number of anilines is 1. The molecule has 2 aliphatic rings. The summed E-state index contributed by atoms with van der Waals surface area (Å²) in [5, 5.41) is 11.0. The second kappa shape index (κ2) is 8.54. The molecule has 4 heteroatoms. The van der Waals surface area contributed by atoms with Crippen LogP contribution in [0.2, 0.25) is 0 Å². The molecule has 0 unspecified atom stereocenters. The molecule has 1 aliphatic carbocycles. The Morgan fingerprint density at radius 3 is 2.36 bits per heavy atom.